The van der Waals surface area contributed by atoms with Crippen molar-refractivity contribution in [2.75, 3.05) is 31.2 Å². The molecule has 1 unspecified atom stereocenters. The number of thioether (sulfide) groups is 1. The van der Waals surface area contributed by atoms with Gasteiger partial charge in [0.15, 0.2) is 0 Å². The molecule has 0 amide bonds. The first-order valence-electron chi connectivity index (χ1n) is 7.92. The Kier molecular flexibility index (Phi) is 6.87. The summed E-state index contributed by atoms with van der Waals surface area (Å²) in [6, 6.07) is 9.60. The number of ether oxygens (including phenoxy) is 1. The fraction of sp³-hybridized carbons (Fsp3) is 0.647. The zero-order valence-electron chi connectivity index (χ0n) is 13.5. The highest BCUT2D eigenvalue weighted by molar-refractivity contribution is 7.99. The topological polar surface area (TPSA) is 24.5 Å². The van der Waals surface area contributed by atoms with Gasteiger partial charge < -0.3 is 10.1 Å². The fourth-order valence-electron chi connectivity index (χ4n) is 2.44. The number of nitrogens with one attached hydrogen (secondary N) is 1. The van der Waals surface area contributed by atoms with Gasteiger partial charge in [0.1, 0.15) is 12.4 Å². The maximum atomic E-state index is 5.93. The van der Waals surface area contributed by atoms with E-state index in [2.05, 4.69) is 60.9 Å². The van der Waals surface area contributed by atoms with Crippen LogP contribution in [0.25, 0.3) is 0 Å². The summed E-state index contributed by atoms with van der Waals surface area (Å²) in [6.07, 6.45) is 0. The van der Waals surface area contributed by atoms with Crippen LogP contribution in [-0.4, -0.2) is 48.2 Å². The standard InChI is InChI=1S/C17H28N2OS/c1-14(2)18-12-16-5-4-6-17(11-16)20-9-7-19-8-10-21-13-15(19)3/h4-6,11,14-15,18H,7-10,12-13H2,1-3H3. The molecule has 1 atom stereocenters. The van der Waals surface area contributed by atoms with Crippen molar-refractivity contribution in [3.63, 3.8) is 0 Å². The Labute approximate surface area is 133 Å². The lowest BCUT2D eigenvalue weighted by molar-refractivity contribution is 0.183. The maximum Gasteiger partial charge on any atom is 0.119 e. The van der Waals surface area contributed by atoms with Gasteiger partial charge in [-0.25, -0.2) is 0 Å². The summed E-state index contributed by atoms with van der Waals surface area (Å²) in [5.74, 6) is 3.48. The van der Waals surface area contributed by atoms with Crippen molar-refractivity contribution in [3.8, 4) is 5.75 Å². The van der Waals surface area contributed by atoms with E-state index in [9.17, 15) is 0 Å². The number of benzene rings is 1. The minimum Gasteiger partial charge on any atom is -0.492 e. The number of hydrogen-bond acceptors (Lipinski definition) is 4. The predicted octanol–water partition coefficient (Wildman–Crippen LogP) is 3.00. The van der Waals surface area contributed by atoms with Crippen LogP contribution in [0.2, 0.25) is 0 Å². The van der Waals surface area contributed by atoms with Crippen LogP contribution in [0.5, 0.6) is 5.75 Å². The van der Waals surface area contributed by atoms with E-state index in [0.717, 1.165) is 25.4 Å². The highest BCUT2D eigenvalue weighted by Crippen LogP contribution is 2.16. The van der Waals surface area contributed by atoms with E-state index in [1.807, 2.05) is 6.07 Å². The van der Waals surface area contributed by atoms with Gasteiger partial charge >= 0.3 is 0 Å². The molecule has 1 aromatic rings. The Morgan fingerprint density at radius 3 is 3.05 bits per heavy atom. The predicted molar refractivity (Wildman–Crippen MR) is 92.3 cm³/mol. The molecule has 0 radical (unpaired) electrons. The molecule has 1 aliphatic rings. The molecule has 1 aromatic carbocycles. The first-order valence-corrected chi connectivity index (χ1v) is 9.07. The molecule has 0 aliphatic carbocycles. The monoisotopic (exact) mass is 308 g/mol. The fourth-order valence-corrected chi connectivity index (χ4v) is 3.52. The zero-order valence-corrected chi connectivity index (χ0v) is 14.3. The van der Waals surface area contributed by atoms with Crippen LogP contribution in [0.4, 0.5) is 0 Å². The molecule has 0 saturated carbocycles. The first-order chi connectivity index (χ1) is 10.1. The second-order valence-electron chi connectivity index (χ2n) is 5.99. The van der Waals surface area contributed by atoms with E-state index in [0.29, 0.717) is 12.1 Å². The average Bonchev–Trinajstić information content (AvgIpc) is 2.48. The van der Waals surface area contributed by atoms with Gasteiger partial charge in [-0.2, -0.15) is 11.8 Å². The maximum absolute atomic E-state index is 5.93. The largest absolute Gasteiger partial charge is 0.492 e. The SMILES string of the molecule is CC(C)NCc1cccc(OCCN2CCSCC2C)c1. The number of hydrogen-bond donors (Lipinski definition) is 1. The van der Waals surface area contributed by atoms with Crippen molar-refractivity contribution < 1.29 is 4.74 Å². The molecule has 3 nitrogen and oxygen atoms in total. The Bertz CT molecular complexity index is 425. The molecule has 0 aromatic heterocycles. The minimum absolute atomic E-state index is 0.507. The molecule has 1 saturated heterocycles. The average molecular weight is 308 g/mol. The third kappa shape index (κ3) is 5.89. The molecular formula is C17H28N2OS. The van der Waals surface area contributed by atoms with Gasteiger partial charge in [0.25, 0.3) is 0 Å². The molecule has 21 heavy (non-hydrogen) atoms. The van der Waals surface area contributed by atoms with Crippen molar-refractivity contribution >= 4 is 11.8 Å². The van der Waals surface area contributed by atoms with Crippen LogP contribution in [0.15, 0.2) is 24.3 Å². The van der Waals surface area contributed by atoms with Gasteiger partial charge in [-0.15, -0.1) is 0 Å². The van der Waals surface area contributed by atoms with Gasteiger partial charge in [-0.05, 0) is 24.6 Å². The minimum atomic E-state index is 0.507. The molecule has 0 spiro atoms. The van der Waals surface area contributed by atoms with Crippen LogP contribution in [-0.2, 0) is 6.54 Å². The van der Waals surface area contributed by atoms with Crippen LogP contribution >= 0.6 is 11.8 Å². The number of nitrogens with zero attached hydrogens (tertiary/aromatic N) is 1. The molecule has 1 aliphatic heterocycles. The lowest BCUT2D eigenvalue weighted by atomic mass is 10.2. The first kappa shape index (κ1) is 16.7. The summed E-state index contributed by atoms with van der Waals surface area (Å²) in [6.45, 7) is 10.5. The Morgan fingerprint density at radius 1 is 1.43 bits per heavy atom. The molecule has 0 bridgehead atoms. The van der Waals surface area contributed by atoms with Crippen LogP contribution < -0.4 is 10.1 Å². The van der Waals surface area contributed by atoms with Gasteiger partial charge in [-0.1, -0.05) is 26.0 Å². The highest BCUT2D eigenvalue weighted by atomic mass is 32.2. The van der Waals surface area contributed by atoms with E-state index in [4.69, 9.17) is 4.74 Å². The van der Waals surface area contributed by atoms with E-state index >= 15 is 0 Å². The van der Waals surface area contributed by atoms with E-state index in [-0.39, 0.29) is 0 Å². The second kappa shape index (κ2) is 8.66. The summed E-state index contributed by atoms with van der Waals surface area (Å²) in [4.78, 5) is 2.53. The second-order valence-corrected chi connectivity index (χ2v) is 7.14. The quantitative estimate of drug-likeness (QED) is 0.837. The Balaban J connectivity index is 1.76. The third-order valence-corrected chi connectivity index (χ3v) is 4.95. The van der Waals surface area contributed by atoms with Gasteiger partial charge in [-0.3, -0.25) is 4.90 Å². The Morgan fingerprint density at radius 2 is 2.29 bits per heavy atom. The van der Waals surface area contributed by atoms with Crippen molar-refractivity contribution in [1.29, 1.82) is 0 Å². The molecule has 1 N–H and O–H groups in total. The van der Waals surface area contributed by atoms with Gasteiger partial charge in [0, 0.05) is 43.2 Å². The zero-order chi connectivity index (χ0) is 15.1. The summed E-state index contributed by atoms with van der Waals surface area (Å²) in [7, 11) is 0. The molecule has 1 heterocycles. The lowest BCUT2D eigenvalue weighted by Crippen LogP contribution is -2.42. The summed E-state index contributed by atoms with van der Waals surface area (Å²) >= 11 is 2.06. The van der Waals surface area contributed by atoms with Crippen LogP contribution in [0.3, 0.4) is 0 Å². The normalized spacial score (nSPS) is 19.9. The summed E-state index contributed by atoms with van der Waals surface area (Å²) in [5, 5.41) is 3.44. The van der Waals surface area contributed by atoms with Crippen molar-refractivity contribution in [2.24, 2.45) is 0 Å². The van der Waals surface area contributed by atoms with Crippen molar-refractivity contribution in [3.05, 3.63) is 29.8 Å². The van der Waals surface area contributed by atoms with Crippen molar-refractivity contribution in [1.82, 2.24) is 10.2 Å². The van der Waals surface area contributed by atoms with E-state index < -0.39 is 0 Å². The van der Waals surface area contributed by atoms with Crippen LogP contribution in [0.1, 0.15) is 26.3 Å². The molecule has 4 heteroatoms. The van der Waals surface area contributed by atoms with Gasteiger partial charge in [0.2, 0.25) is 0 Å². The molecule has 118 valence electrons. The van der Waals surface area contributed by atoms with E-state index in [1.165, 1.54) is 23.6 Å². The number of rotatable bonds is 7. The summed E-state index contributed by atoms with van der Waals surface area (Å²) < 4.78 is 5.93. The molecule has 2 rings (SSSR count). The van der Waals surface area contributed by atoms with Crippen LogP contribution in [0, 0.1) is 0 Å². The smallest absolute Gasteiger partial charge is 0.119 e. The molecule has 1 fully saturated rings. The molecular weight excluding hydrogens is 280 g/mol. The highest BCUT2D eigenvalue weighted by Gasteiger charge is 2.17. The Hall–Kier alpha value is -0.710. The van der Waals surface area contributed by atoms with Gasteiger partial charge in [0.05, 0.1) is 0 Å². The lowest BCUT2D eigenvalue weighted by Gasteiger charge is -2.32. The van der Waals surface area contributed by atoms with Crippen molar-refractivity contribution in [2.45, 2.75) is 39.4 Å². The van der Waals surface area contributed by atoms with E-state index in [1.54, 1.807) is 0 Å². The summed E-state index contributed by atoms with van der Waals surface area (Å²) in [5.41, 5.74) is 1.28. The third-order valence-electron chi connectivity index (χ3n) is 3.77.